The summed E-state index contributed by atoms with van der Waals surface area (Å²) in [6, 6.07) is 34.2. The van der Waals surface area contributed by atoms with Crippen LogP contribution in [-0.2, 0) is 0 Å². The molecule has 0 bridgehead atoms. The van der Waals surface area contributed by atoms with Gasteiger partial charge < -0.3 is 24.3 Å². The monoisotopic (exact) mass is 546 g/mol. The van der Waals surface area contributed by atoms with Crippen LogP contribution in [0.5, 0.6) is 17.2 Å². The van der Waals surface area contributed by atoms with Crippen LogP contribution in [0.15, 0.2) is 109 Å². The molecule has 2 aromatic heterocycles. The molecule has 2 atom stereocenters. The second-order valence-electron chi connectivity index (χ2n) is 9.79. The van der Waals surface area contributed by atoms with Gasteiger partial charge in [0.1, 0.15) is 23.3 Å². The molecule has 1 saturated heterocycles. The van der Waals surface area contributed by atoms with Crippen LogP contribution in [0.3, 0.4) is 0 Å². The van der Waals surface area contributed by atoms with Crippen molar-refractivity contribution in [2.24, 2.45) is 0 Å². The van der Waals surface area contributed by atoms with Crippen molar-refractivity contribution in [2.75, 3.05) is 12.0 Å². The molecule has 1 fully saturated rings. The van der Waals surface area contributed by atoms with Crippen molar-refractivity contribution in [1.82, 2.24) is 14.9 Å². The summed E-state index contributed by atoms with van der Waals surface area (Å²) in [6.45, 7) is 4.16. The van der Waals surface area contributed by atoms with Crippen molar-refractivity contribution in [2.45, 2.75) is 25.9 Å². The van der Waals surface area contributed by atoms with Crippen LogP contribution in [0.2, 0.25) is 0 Å². The first kappa shape index (κ1) is 25.6. The maximum absolute atomic E-state index is 6.16. The summed E-state index contributed by atoms with van der Waals surface area (Å²) in [5, 5.41) is 4.21. The zero-order valence-electron chi connectivity index (χ0n) is 22.6. The lowest BCUT2D eigenvalue weighted by Crippen LogP contribution is -2.30. The summed E-state index contributed by atoms with van der Waals surface area (Å²) in [7, 11) is 1.68. The molecular formula is C33H30N4O2S. The van der Waals surface area contributed by atoms with Crippen molar-refractivity contribution in [3.8, 4) is 22.9 Å². The topological polar surface area (TPSA) is 51.5 Å². The van der Waals surface area contributed by atoms with Crippen LogP contribution in [0, 0.1) is 13.8 Å². The van der Waals surface area contributed by atoms with E-state index >= 15 is 0 Å². The molecule has 1 aliphatic heterocycles. The molecule has 6 nitrogen and oxygen atoms in total. The number of ether oxygens (including phenoxy) is 2. The molecule has 0 amide bonds. The molecule has 3 heterocycles. The van der Waals surface area contributed by atoms with Gasteiger partial charge >= 0.3 is 0 Å². The highest BCUT2D eigenvalue weighted by Crippen LogP contribution is 2.43. The molecule has 0 aliphatic carbocycles. The molecule has 3 aromatic carbocycles. The Kier molecular flexibility index (Phi) is 6.97. The molecule has 0 saturated carbocycles. The van der Waals surface area contributed by atoms with Crippen molar-refractivity contribution in [1.29, 1.82) is 0 Å². The van der Waals surface area contributed by atoms with Gasteiger partial charge in [0.15, 0.2) is 5.11 Å². The van der Waals surface area contributed by atoms with Crippen LogP contribution < -0.4 is 19.7 Å². The minimum Gasteiger partial charge on any atom is -0.497 e. The number of thiocarbonyl (C=S) groups is 1. The Bertz CT molecular complexity index is 1630. The highest BCUT2D eigenvalue weighted by Gasteiger charge is 2.42. The number of nitrogens with zero attached hydrogens (tertiary/aromatic N) is 3. The fourth-order valence-corrected chi connectivity index (χ4v) is 5.63. The summed E-state index contributed by atoms with van der Waals surface area (Å²) < 4.78 is 13.8. The number of anilines is 1. The van der Waals surface area contributed by atoms with E-state index in [4.69, 9.17) is 26.7 Å². The quantitative estimate of drug-likeness (QED) is 0.214. The number of aromatic nitrogens is 2. The SMILES string of the molecule is COc1ccc(-n2c(C)ccc2[C@H]2[C@H](c3ccccn3)NC(=S)N2c2ccc(Oc3ccccc3C)cc2)cc1. The molecule has 1 aliphatic rings. The highest BCUT2D eigenvalue weighted by atomic mass is 32.1. The van der Waals surface area contributed by atoms with Gasteiger partial charge in [-0.2, -0.15) is 0 Å². The number of nitrogens with one attached hydrogen (secondary N) is 1. The number of benzene rings is 3. The van der Waals surface area contributed by atoms with Gasteiger partial charge in [0.25, 0.3) is 0 Å². The number of hydrogen-bond acceptors (Lipinski definition) is 4. The largest absolute Gasteiger partial charge is 0.497 e. The second-order valence-corrected chi connectivity index (χ2v) is 10.2. The van der Waals surface area contributed by atoms with Gasteiger partial charge in [-0.05, 0) is 110 Å². The van der Waals surface area contributed by atoms with E-state index in [1.54, 1.807) is 7.11 Å². The van der Waals surface area contributed by atoms with E-state index in [1.807, 2.05) is 79.9 Å². The molecule has 40 heavy (non-hydrogen) atoms. The average molecular weight is 547 g/mol. The maximum Gasteiger partial charge on any atom is 0.174 e. The number of para-hydroxylation sites is 1. The number of hydrogen-bond donors (Lipinski definition) is 1. The molecule has 0 unspecified atom stereocenters. The van der Waals surface area contributed by atoms with Crippen molar-refractivity contribution in [3.63, 3.8) is 0 Å². The van der Waals surface area contributed by atoms with Gasteiger partial charge in [-0.1, -0.05) is 24.3 Å². The molecule has 0 spiro atoms. The number of pyridine rings is 1. The van der Waals surface area contributed by atoms with Gasteiger partial charge in [0.2, 0.25) is 0 Å². The van der Waals surface area contributed by atoms with Crippen LogP contribution in [0.1, 0.15) is 34.7 Å². The van der Waals surface area contributed by atoms with Gasteiger partial charge in [-0.3, -0.25) is 4.98 Å². The van der Waals surface area contributed by atoms with Crippen molar-refractivity contribution < 1.29 is 9.47 Å². The minimum absolute atomic E-state index is 0.150. The van der Waals surface area contributed by atoms with Crippen molar-refractivity contribution >= 4 is 23.0 Å². The van der Waals surface area contributed by atoms with Gasteiger partial charge in [-0.15, -0.1) is 0 Å². The Hall–Kier alpha value is -4.62. The lowest BCUT2D eigenvalue weighted by Gasteiger charge is -2.29. The third-order valence-corrected chi connectivity index (χ3v) is 7.59. The van der Waals surface area contributed by atoms with E-state index in [1.165, 1.54) is 0 Å². The highest BCUT2D eigenvalue weighted by molar-refractivity contribution is 7.80. The zero-order valence-corrected chi connectivity index (χ0v) is 23.4. The molecule has 1 N–H and O–H groups in total. The lowest BCUT2D eigenvalue weighted by molar-refractivity contribution is 0.414. The van der Waals surface area contributed by atoms with E-state index < -0.39 is 0 Å². The van der Waals surface area contributed by atoms with Gasteiger partial charge in [0, 0.05) is 29.0 Å². The number of rotatable bonds is 7. The van der Waals surface area contributed by atoms with Crippen LogP contribution in [0.25, 0.3) is 5.69 Å². The second kappa shape index (κ2) is 10.9. The molecule has 7 heteroatoms. The van der Waals surface area contributed by atoms with Crippen molar-refractivity contribution in [3.05, 3.63) is 132 Å². The molecule has 6 rings (SSSR count). The van der Waals surface area contributed by atoms with Gasteiger partial charge in [-0.25, -0.2) is 0 Å². The van der Waals surface area contributed by atoms with E-state index in [-0.39, 0.29) is 12.1 Å². The Morgan fingerprint density at radius 1 is 0.775 bits per heavy atom. The third kappa shape index (κ3) is 4.80. The normalized spacial score (nSPS) is 16.6. The molecule has 0 radical (unpaired) electrons. The third-order valence-electron chi connectivity index (χ3n) is 7.27. The van der Waals surface area contributed by atoms with E-state index in [0.717, 1.165) is 51.3 Å². The summed E-state index contributed by atoms with van der Waals surface area (Å²) in [6.07, 6.45) is 1.82. The fraction of sp³-hybridized carbons (Fsp3) is 0.152. The summed E-state index contributed by atoms with van der Waals surface area (Å²) in [4.78, 5) is 6.89. The maximum atomic E-state index is 6.16. The number of aryl methyl sites for hydroxylation is 2. The lowest BCUT2D eigenvalue weighted by atomic mass is 10.0. The van der Waals surface area contributed by atoms with E-state index in [9.17, 15) is 0 Å². The van der Waals surface area contributed by atoms with Crippen LogP contribution in [-0.4, -0.2) is 21.8 Å². The fourth-order valence-electron chi connectivity index (χ4n) is 5.28. The predicted molar refractivity (Wildman–Crippen MR) is 163 cm³/mol. The van der Waals surface area contributed by atoms with E-state index in [0.29, 0.717) is 5.11 Å². The predicted octanol–water partition coefficient (Wildman–Crippen LogP) is 7.47. The zero-order chi connectivity index (χ0) is 27.6. The smallest absolute Gasteiger partial charge is 0.174 e. The first-order valence-electron chi connectivity index (χ1n) is 13.2. The first-order chi connectivity index (χ1) is 19.5. The minimum atomic E-state index is -0.152. The Morgan fingerprint density at radius 3 is 2.17 bits per heavy atom. The summed E-state index contributed by atoms with van der Waals surface area (Å²) >= 11 is 5.96. The molecule has 200 valence electrons. The van der Waals surface area contributed by atoms with E-state index in [2.05, 4.69) is 58.1 Å². The van der Waals surface area contributed by atoms with Crippen LogP contribution in [0.4, 0.5) is 5.69 Å². The number of methoxy groups -OCH3 is 1. The summed E-state index contributed by atoms with van der Waals surface area (Å²) in [5.41, 5.74) is 6.27. The Balaban J connectivity index is 1.41. The van der Waals surface area contributed by atoms with Crippen LogP contribution >= 0.6 is 12.2 Å². The Labute approximate surface area is 239 Å². The first-order valence-corrected chi connectivity index (χ1v) is 13.6. The standard InChI is InChI=1S/C33H30N4O2S/c1-22-8-4-5-10-30(22)39-27-18-14-25(15-19-27)37-32(31(35-33(37)40)28-9-6-7-21-34-28)29-20-11-23(2)36(29)24-12-16-26(38-3)17-13-24/h4-21,31-32H,1-3H3,(H,35,40)/t31-,32-/m0/s1. The van der Waals surface area contributed by atoms with Gasteiger partial charge in [0.05, 0.1) is 18.8 Å². The average Bonchev–Trinajstić information content (AvgIpc) is 3.54. The summed E-state index contributed by atoms with van der Waals surface area (Å²) in [5.74, 6) is 2.43. The molecule has 5 aromatic rings. The Morgan fingerprint density at radius 2 is 1.48 bits per heavy atom. The molecular weight excluding hydrogens is 516 g/mol.